The number of amides is 1. The van der Waals surface area contributed by atoms with Gasteiger partial charge in [-0.1, -0.05) is 36.8 Å². The summed E-state index contributed by atoms with van der Waals surface area (Å²) in [6.45, 7) is 1.86. The zero-order chi connectivity index (χ0) is 14.4. The Morgan fingerprint density at radius 1 is 1.40 bits per heavy atom. The Morgan fingerprint density at radius 2 is 2.15 bits per heavy atom. The second kappa shape index (κ2) is 7.41. The molecule has 2 rings (SSSR count). The first-order valence-electron chi connectivity index (χ1n) is 7.44. The highest BCUT2D eigenvalue weighted by atomic mass is 16.1. The van der Waals surface area contributed by atoms with Crippen molar-refractivity contribution in [2.24, 2.45) is 5.73 Å². The van der Waals surface area contributed by atoms with E-state index < -0.39 is 0 Å². The number of benzene rings is 1. The van der Waals surface area contributed by atoms with E-state index in [1.807, 2.05) is 30.3 Å². The van der Waals surface area contributed by atoms with Crippen LogP contribution in [0.1, 0.15) is 37.3 Å². The summed E-state index contributed by atoms with van der Waals surface area (Å²) in [6, 6.07) is 10.0. The highest BCUT2D eigenvalue weighted by molar-refractivity contribution is 5.76. The molecule has 1 aliphatic heterocycles. The van der Waals surface area contributed by atoms with Gasteiger partial charge in [-0.25, -0.2) is 0 Å². The average molecular weight is 275 g/mol. The van der Waals surface area contributed by atoms with Crippen LogP contribution in [0.2, 0.25) is 0 Å². The number of nitrogens with one attached hydrogen (secondary N) is 1. The lowest BCUT2D eigenvalue weighted by atomic mass is 10.0. The fraction of sp³-hybridized carbons (Fsp3) is 0.562. The molecule has 2 unspecified atom stereocenters. The van der Waals surface area contributed by atoms with Gasteiger partial charge in [-0.05, 0) is 32.0 Å². The number of likely N-dealkylation sites (tertiary alicyclic amines) is 1. The van der Waals surface area contributed by atoms with Gasteiger partial charge in [-0.15, -0.1) is 0 Å². The van der Waals surface area contributed by atoms with Crippen molar-refractivity contribution >= 4 is 5.91 Å². The van der Waals surface area contributed by atoms with Crippen LogP contribution < -0.4 is 11.1 Å². The summed E-state index contributed by atoms with van der Waals surface area (Å²) in [5.41, 5.74) is 7.07. The Morgan fingerprint density at radius 3 is 2.85 bits per heavy atom. The fourth-order valence-corrected chi connectivity index (χ4v) is 2.72. The molecule has 1 saturated heterocycles. The van der Waals surface area contributed by atoms with E-state index in [0.29, 0.717) is 12.5 Å². The molecule has 1 aromatic carbocycles. The highest BCUT2D eigenvalue weighted by Gasteiger charge is 2.19. The zero-order valence-corrected chi connectivity index (χ0v) is 12.2. The third-order valence-corrected chi connectivity index (χ3v) is 4.09. The molecule has 1 aliphatic rings. The van der Waals surface area contributed by atoms with Crippen molar-refractivity contribution in [3.05, 3.63) is 35.9 Å². The number of carbonyl (C=O) groups is 1. The quantitative estimate of drug-likeness (QED) is 0.859. The third-order valence-electron chi connectivity index (χ3n) is 4.09. The molecule has 4 heteroatoms. The van der Waals surface area contributed by atoms with Crippen LogP contribution in [0.3, 0.4) is 0 Å². The number of piperidine rings is 1. The summed E-state index contributed by atoms with van der Waals surface area (Å²) in [5, 5.41) is 3.02. The normalized spacial score (nSPS) is 21.4. The van der Waals surface area contributed by atoms with E-state index in [0.717, 1.165) is 18.7 Å². The van der Waals surface area contributed by atoms with Crippen molar-refractivity contribution in [3.63, 3.8) is 0 Å². The predicted molar refractivity (Wildman–Crippen MR) is 81.3 cm³/mol. The van der Waals surface area contributed by atoms with E-state index in [4.69, 9.17) is 5.73 Å². The molecule has 0 bridgehead atoms. The summed E-state index contributed by atoms with van der Waals surface area (Å²) in [6.07, 6.45) is 4.04. The van der Waals surface area contributed by atoms with Gasteiger partial charge in [0.2, 0.25) is 5.91 Å². The lowest BCUT2D eigenvalue weighted by molar-refractivity contribution is -0.121. The number of likely N-dealkylation sites (N-methyl/N-ethyl adjacent to an activating group) is 1. The SMILES string of the molecule is CN1CCCCC1CNC(=O)CC(N)c1ccccc1. The topological polar surface area (TPSA) is 58.4 Å². The fourth-order valence-electron chi connectivity index (χ4n) is 2.72. The zero-order valence-electron chi connectivity index (χ0n) is 12.2. The van der Waals surface area contributed by atoms with Crippen molar-refractivity contribution in [1.29, 1.82) is 0 Å². The first-order valence-corrected chi connectivity index (χ1v) is 7.44. The maximum atomic E-state index is 12.0. The molecular formula is C16H25N3O. The van der Waals surface area contributed by atoms with Crippen LogP contribution in [0, 0.1) is 0 Å². The van der Waals surface area contributed by atoms with Crippen LogP contribution in [0.15, 0.2) is 30.3 Å². The molecule has 0 radical (unpaired) electrons. The van der Waals surface area contributed by atoms with Crippen LogP contribution in [0.4, 0.5) is 0 Å². The van der Waals surface area contributed by atoms with Crippen molar-refractivity contribution in [2.75, 3.05) is 20.1 Å². The van der Waals surface area contributed by atoms with Crippen LogP contribution in [0.5, 0.6) is 0 Å². The minimum atomic E-state index is -0.222. The number of carbonyl (C=O) groups excluding carboxylic acids is 1. The van der Waals surface area contributed by atoms with E-state index in [-0.39, 0.29) is 11.9 Å². The first-order chi connectivity index (χ1) is 9.66. The maximum Gasteiger partial charge on any atom is 0.221 e. The van der Waals surface area contributed by atoms with Crippen molar-refractivity contribution < 1.29 is 4.79 Å². The summed E-state index contributed by atoms with van der Waals surface area (Å²) in [4.78, 5) is 14.3. The molecule has 4 nitrogen and oxygen atoms in total. The van der Waals surface area contributed by atoms with Gasteiger partial charge in [-0.3, -0.25) is 4.79 Å². The molecule has 1 aromatic rings. The highest BCUT2D eigenvalue weighted by Crippen LogP contribution is 2.15. The molecule has 2 atom stereocenters. The van der Waals surface area contributed by atoms with E-state index in [9.17, 15) is 4.79 Å². The van der Waals surface area contributed by atoms with Crippen molar-refractivity contribution in [2.45, 2.75) is 37.8 Å². The summed E-state index contributed by atoms with van der Waals surface area (Å²) >= 11 is 0. The Bertz CT molecular complexity index is 421. The van der Waals surface area contributed by atoms with Crippen LogP contribution >= 0.6 is 0 Å². The van der Waals surface area contributed by atoms with Crippen LogP contribution in [0.25, 0.3) is 0 Å². The minimum absolute atomic E-state index is 0.0420. The monoisotopic (exact) mass is 275 g/mol. The lowest BCUT2D eigenvalue weighted by Gasteiger charge is -2.32. The molecule has 0 aromatic heterocycles. The van der Waals surface area contributed by atoms with Gasteiger partial charge in [0.25, 0.3) is 0 Å². The van der Waals surface area contributed by atoms with Gasteiger partial charge in [0.15, 0.2) is 0 Å². The molecule has 0 saturated carbocycles. The molecule has 1 heterocycles. The number of hydrogen-bond donors (Lipinski definition) is 2. The second-order valence-electron chi connectivity index (χ2n) is 5.66. The molecule has 1 fully saturated rings. The van der Waals surface area contributed by atoms with E-state index in [2.05, 4.69) is 17.3 Å². The van der Waals surface area contributed by atoms with Gasteiger partial charge >= 0.3 is 0 Å². The lowest BCUT2D eigenvalue weighted by Crippen LogP contribution is -2.44. The van der Waals surface area contributed by atoms with Gasteiger partial charge in [0, 0.05) is 25.0 Å². The third kappa shape index (κ3) is 4.32. The number of hydrogen-bond acceptors (Lipinski definition) is 3. The summed E-state index contributed by atoms with van der Waals surface area (Å²) in [5.74, 6) is 0.0420. The predicted octanol–water partition coefficient (Wildman–Crippen LogP) is 1.68. The van der Waals surface area contributed by atoms with E-state index in [1.54, 1.807) is 0 Å². The van der Waals surface area contributed by atoms with Gasteiger partial charge in [0.05, 0.1) is 0 Å². The van der Waals surface area contributed by atoms with Crippen molar-refractivity contribution in [3.8, 4) is 0 Å². The van der Waals surface area contributed by atoms with Gasteiger partial charge in [0.1, 0.15) is 0 Å². The molecule has 0 spiro atoms. The Labute approximate surface area is 121 Å². The molecule has 110 valence electrons. The number of nitrogens with zero attached hydrogens (tertiary/aromatic N) is 1. The first kappa shape index (κ1) is 15.0. The Hall–Kier alpha value is -1.39. The molecule has 1 amide bonds. The smallest absolute Gasteiger partial charge is 0.221 e. The molecular weight excluding hydrogens is 250 g/mol. The largest absolute Gasteiger partial charge is 0.354 e. The average Bonchev–Trinajstić information content (AvgIpc) is 2.47. The molecule has 3 N–H and O–H groups in total. The maximum absolute atomic E-state index is 12.0. The standard InChI is InChI=1S/C16H25N3O/c1-19-10-6-5-9-14(19)12-18-16(20)11-15(17)13-7-3-2-4-8-13/h2-4,7-8,14-15H,5-6,9-12,17H2,1H3,(H,18,20). The summed E-state index contributed by atoms with van der Waals surface area (Å²) in [7, 11) is 2.13. The Kier molecular flexibility index (Phi) is 5.56. The van der Waals surface area contributed by atoms with Gasteiger partial charge < -0.3 is 16.0 Å². The number of rotatable bonds is 5. The minimum Gasteiger partial charge on any atom is -0.354 e. The second-order valence-corrected chi connectivity index (χ2v) is 5.66. The molecule has 20 heavy (non-hydrogen) atoms. The van der Waals surface area contributed by atoms with Crippen LogP contribution in [-0.2, 0) is 4.79 Å². The van der Waals surface area contributed by atoms with Gasteiger partial charge in [-0.2, -0.15) is 0 Å². The number of nitrogens with two attached hydrogens (primary N) is 1. The van der Waals surface area contributed by atoms with E-state index >= 15 is 0 Å². The summed E-state index contributed by atoms with van der Waals surface area (Å²) < 4.78 is 0. The van der Waals surface area contributed by atoms with Crippen LogP contribution in [-0.4, -0.2) is 37.0 Å². The molecule has 0 aliphatic carbocycles. The van der Waals surface area contributed by atoms with Crippen molar-refractivity contribution in [1.82, 2.24) is 10.2 Å². The van der Waals surface area contributed by atoms with E-state index in [1.165, 1.54) is 19.3 Å². The Balaban J connectivity index is 1.75.